The molecule has 0 radical (unpaired) electrons. The van der Waals surface area contributed by atoms with E-state index >= 15 is 0 Å². The van der Waals surface area contributed by atoms with Crippen LogP contribution in [0.2, 0.25) is 0 Å². The second-order valence-electron chi connectivity index (χ2n) is 12.6. The maximum Gasteiger partial charge on any atom is 0.235 e. The lowest BCUT2D eigenvalue weighted by atomic mass is 9.85. The van der Waals surface area contributed by atoms with Gasteiger partial charge in [-0.25, -0.2) is 9.97 Å². The van der Waals surface area contributed by atoms with Gasteiger partial charge in [0, 0.05) is 38.1 Å². The zero-order chi connectivity index (χ0) is 29.9. The monoisotopic (exact) mass is 577 g/mol. The van der Waals surface area contributed by atoms with Gasteiger partial charge >= 0.3 is 0 Å². The van der Waals surface area contributed by atoms with Crippen molar-refractivity contribution in [2.45, 2.75) is 19.3 Å². The standard InChI is InChI=1S/C41H27N3O/c1-41(2)32-19-8-5-16-29(32)36-37(30-18-11-17-28-27-15-7-10-21-35(27)45-38(28)30)42-40(43-39(36)41)44-33-20-9-6-14-26(33)31-22-24-12-3-4-13-25(24)23-34(31)44/h3-23H,1-2H3. The molecule has 3 heterocycles. The zero-order valence-electron chi connectivity index (χ0n) is 24.9. The van der Waals surface area contributed by atoms with Gasteiger partial charge in [-0.15, -0.1) is 0 Å². The molecule has 4 nitrogen and oxygen atoms in total. The van der Waals surface area contributed by atoms with Crippen LogP contribution in [-0.2, 0) is 5.41 Å². The van der Waals surface area contributed by atoms with Gasteiger partial charge in [0.05, 0.1) is 22.4 Å². The minimum atomic E-state index is -0.314. The van der Waals surface area contributed by atoms with Gasteiger partial charge in [0.2, 0.25) is 5.95 Å². The molecule has 0 saturated heterocycles. The van der Waals surface area contributed by atoms with Crippen molar-refractivity contribution in [3.05, 3.63) is 139 Å². The Kier molecular flexibility index (Phi) is 4.76. The lowest BCUT2D eigenvalue weighted by Crippen LogP contribution is -2.18. The molecule has 0 atom stereocenters. The molecule has 0 N–H and O–H groups in total. The molecule has 9 aromatic rings. The first-order valence-electron chi connectivity index (χ1n) is 15.4. The predicted molar refractivity (Wildman–Crippen MR) is 184 cm³/mol. The summed E-state index contributed by atoms with van der Waals surface area (Å²) in [6.45, 7) is 4.55. The van der Waals surface area contributed by atoms with E-state index in [9.17, 15) is 0 Å². The summed E-state index contributed by atoms with van der Waals surface area (Å²) in [5, 5.41) is 6.98. The highest BCUT2D eigenvalue weighted by Gasteiger charge is 2.40. The van der Waals surface area contributed by atoms with Gasteiger partial charge in [0.25, 0.3) is 0 Å². The van der Waals surface area contributed by atoms with E-state index in [1.807, 2.05) is 12.1 Å². The highest BCUT2D eigenvalue weighted by atomic mass is 16.3. The maximum atomic E-state index is 6.59. The van der Waals surface area contributed by atoms with Crippen molar-refractivity contribution in [1.29, 1.82) is 0 Å². The molecule has 0 fully saturated rings. The molecule has 0 spiro atoms. The summed E-state index contributed by atoms with van der Waals surface area (Å²) >= 11 is 0. The molecule has 0 bridgehead atoms. The van der Waals surface area contributed by atoms with E-state index in [0.29, 0.717) is 5.95 Å². The Bertz CT molecular complexity index is 2690. The Labute approximate surface area is 259 Å². The lowest BCUT2D eigenvalue weighted by molar-refractivity contribution is 0.632. The topological polar surface area (TPSA) is 43.9 Å². The molecule has 1 aliphatic rings. The third kappa shape index (κ3) is 3.26. The molecule has 6 aromatic carbocycles. The summed E-state index contributed by atoms with van der Waals surface area (Å²) in [5.74, 6) is 0.666. The lowest BCUT2D eigenvalue weighted by Gasteiger charge is -2.21. The molecule has 3 aromatic heterocycles. The van der Waals surface area contributed by atoms with E-state index in [1.54, 1.807) is 0 Å². The van der Waals surface area contributed by atoms with Gasteiger partial charge in [0.15, 0.2) is 0 Å². The Hall–Kier alpha value is -5.74. The largest absolute Gasteiger partial charge is 0.455 e. The van der Waals surface area contributed by atoms with E-state index in [1.165, 1.54) is 32.7 Å². The minimum absolute atomic E-state index is 0.314. The van der Waals surface area contributed by atoms with Crippen LogP contribution in [0.3, 0.4) is 0 Å². The smallest absolute Gasteiger partial charge is 0.235 e. The average molecular weight is 578 g/mol. The van der Waals surface area contributed by atoms with Crippen LogP contribution in [0.25, 0.3) is 82.8 Å². The highest BCUT2D eigenvalue weighted by molar-refractivity contribution is 6.14. The number of benzene rings is 6. The Morgan fingerprint density at radius 2 is 1.27 bits per heavy atom. The molecule has 0 saturated carbocycles. The number of hydrogen-bond donors (Lipinski definition) is 0. The van der Waals surface area contributed by atoms with E-state index in [2.05, 4.69) is 134 Å². The number of rotatable bonds is 2. The fourth-order valence-corrected chi connectivity index (χ4v) is 7.63. The van der Waals surface area contributed by atoms with E-state index in [0.717, 1.165) is 55.5 Å². The highest BCUT2D eigenvalue weighted by Crippen LogP contribution is 2.52. The van der Waals surface area contributed by atoms with Crippen LogP contribution in [0, 0.1) is 0 Å². The quantitative estimate of drug-likeness (QED) is 0.205. The van der Waals surface area contributed by atoms with Crippen molar-refractivity contribution >= 4 is 54.5 Å². The number of aromatic nitrogens is 3. The van der Waals surface area contributed by atoms with Crippen LogP contribution in [-0.4, -0.2) is 14.5 Å². The summed E-state index contributed by atoms with van der Waals surface area (Å²) < 4.78 is 8.84. The van der Waals surface area contributed by atoms with Gasteiger partial charge in [-0.2, -0.15) is 0 Å². The number of para-hydroxylation sites is 3. The molecule has 1 aliphatic carbocycles. The van der Waals surface area contributed by atoms with Gasteiger partial charge in [0.1, 0.15) is 11.2 Å². The SMILES string of the molecule is CC1(C)c2ccccc2-c2c(-c3cccc4c3oc3ccccc34)nc(-n3c4ccccc4c4cc5ccccc5cc43)nc21. The van der Waals surface area contributed by atoms with Gasteiger partial charge < -0.3 is 4.42 Å². The molecule has 10 rings (SSSR count). The third-order valence-corrected chi connectivity index (χ3v) is 9.76. The number of nitrogens with zero attached hydrogens (tertiary/aromatic N) is 3. The summed E-state index contributed by atoms with van der Waals surface area (Å²) in [5.41, 5.74) is 10.0. The number of hydrogen-bond acceptors (Lipinski definition) is 3. The molecule has 0 amide bonds. The summed E-state index contributed by atoms with van der Waals surface area (Å²) in [4.78, 5) is 11.0. The fourth-order valence-electron chi connectivity index (χ4n) is 7.63. The van der Waals surface area contributed by atoms with Gasteiger partial charge in [-0.1, -0.05) is 111 Å². The second kappa shape index (κ2) is 8.67. The zero-order valence-corrected chi connectivity index (χ0v) is 24.9. The molecule has 0 aliphatic heterocycles. The van der Waals surface area contributed by atoms with Crippen LogP contribution in [0.1, 0.15) is 25.1 Å². The van der Waals surface area contributed by atoms with E-state index < -0.39 is 0 Å². The average Bonchev–Trinajstić information content (AvgIpc) is 3.69. The molecule has 212 valence electrons. The van der Waals surface area contributed by atoms with Crippen LogP contribution in [0.15, 0.2) is 132 Å². The first kappa shape index (κ1) is 24.7. The van der Waals surface area contributed by atoms with Crippen molar-refractivity contribution in [3.63, 3.8) is 0 Å². The normalized spacial score (nSPS) is 13.7. The van der Waals surface area contributed by atoms with Crippen LogP contribution in [0.4, 0.5) is 0 Å². The molecular weight excluding hydrogens is 550 g/mol. The van der Waals surface area contributed by atoms with E-state index in [-0.39, 0.29) is 5.41 Å². The summed E-state index contributed by atoms with van der Waals surface area (Å²) in [6.07, 6.45) is 0. The van der Waals surface area contributed by atoms with Crippen LogP contribution >= 0.6 is 0 Å². The van der Waals surface area contributed by atoms with E-state index in [4.69, 9.17) is 14.4 Å². The number of fused-ring (bicyclic) bond motifs is 10. The Morgan fingerprint density at radius 1 is 0.578 bits per heavy atom. The first-order valence-corrected chi connectivity index (χ1v) is 15.4. The summed E-state index contributed by atoms with van der Waals surface area (Å²) in [6, 6.07) is 45.0. The van der Waals surface area contributed by atoms with Crippen LogP contribution in [0.5, 0.6) is 0 Å². The number of furan rings is 1. The molecule has 4 heteroatoms. The molecule has 45 heavy (non-hydrogen) atoms. The predicted octanol–water partition coefficient (Wildman–Crippen LogP) is 10.6. The van der Waals surface area contributed by atoms with Gasteiger partial charge in [-0.3, -0.25) is 4.57 Å². The van der Waals surface area contributed by atoms with Crippen molar-refractivity contribution in [1.82, 2.24) is 14.5 Å². The minimum Gasteiger partial charge on any atom is -0.455 e. The fraction of sp³-hybridized carbons (Fsp3) is 0.0732. The first-order chi connectivity index (χ1) is 22.1. The second-order valence-corrected chi connectivity index (χ2v) is 12.6. The summed E-state index contributed by atoms with van der Waals surface area (Å²) in [7, 11) is 0. The van der Waals surface area contributed by atoms with Crippen molar-refractivity contribution in [3.8, 4) is 28.3 Å². The molecule has 0 unspecified atom stereocenters. The van der Waals surface area contributed by atoms with Crippen LogP contribution < -0.4 is 0 Å². The third-order valence-electron chi connectivity index (χ3n) is 9.76. The van der Waals surface area contributed by atoms with Crippen molar-refractivity contribution in [2.24, 2.45) is 0 Å². The van der Waals surface area contributed by atoms with Crippen molar-refractivity contribution < 1.29 is 4.42 Å². The maximum absolute atomic E-state index is 6.59. The molecular formula is C41H27N3O. The Morgan fingerprint density at radius 3 is 2.16 bits per heavy atom. The van der Waals surface area contributed by atoms with Gasteiger partial charge in [-0.05, 0) is 52.2 Å². The van der Waals surface area contributed by atoms with Crippen molar-refractivity contribution in [2.75, 3.05) is 0 Å². The Balaban J connectivity index is 1.37.